The lowest BCUT2D eigenvalue weighted by molar-refractivity contribution is -0.383. The molecule has 1 heterocycles. The second-order valence-electron chi connectivity index (χ2n) is 4.27. The number of sulfonamides is 1. The predicted molar refractivity (Wildman–Crippen MR) is 77.3 cm³/mol. The molecule has 8 nitrogen and oxygen atoms in total. The van der Waals surface area contributed by atoms with Crippen LogP contribution in [0.25, 0.3) is 0 Å². The normalized spacial score (nSPS) is 11.1. The van der Waals surface area contributed by atoms with Crippen molar-refractivity contribution in [3.63, 3.8) is 0 Å². The van der Waals surface area contributed by atoms with Gasteiger partial charge in [0, 0.05) is 18.5 Å². The SMILES string of the molecule is Cc1cnccc1NS(=O)(=O)c1ccc([N+](=O)[O-])c(N)c1. The van der Waals surface area contributed by atoms with Crippen molar-refractivity contribution in [1.29, 1.82) is 0 Å². The maximum Gasteiger partial charge on any atom is 0.292 e. The van der Waals surface area contributed by atoms with E-state index in [0.29, 0.717) is 11.3 Å². The summed E-state index contributed by atoms with van der Waals surface area (Å²) >= 11 is 0. The topological polar surface area (TPSA) is 128 Å². The molecule has 0 aliphatic carbocycles. The molecule has 0 radical (unpaired) electrons. The van der Waals surface area contributed by atoms with E-state index in [4.69, 9.17) is 5.73 Å². The number of hydrogen-bond donors (Lipinski definition) is 2. The summed E-state index contributed by atoms with van der Waals surface area (Å²) in [6.07, 6.45) is 2.97. The molecule has 3 N–H and O–H groups in total. The van der Waals surface area contributed by atoms with Crippen LogP contribution in [0.4, 0.5) is 17.1 Å². The molecule has 0 unspecified atom stereocenters. The molecule has 0 fully saturated rings. The van der Waals surface area contributed by atoms with Crippen LogP contribution in [0.15, 0.2) is 41.6 Å². The molecule has 1 aromatic carbocycles. The second-order valence-corrected chi connectivity index (χ2v) is 5.96. The van der Waals surface area contributed by atoms with Crippen molar-refractivity contribution in [2.45, 2.75) is 11.8 Å². The number of hydrogen-bond acceptors (Lipinski definition) is 6. The highest BCUT2D eigenvalue weighted by atomic mass is 32.2. The van der Waals surface area contributed by atoms with E-state index in [9.17, 15) is 18.5 Å². The van der Waals surface area contributed by atoms with Crippen LogP contribution in [-0.4, -0.2) is 18.3 Å². The zero-order chi connectivity index (χ0) is 15.6. The standard InChI is InChI=1S/C12H12N4O4S/c1-8-7-14-5-4-11(8)15-21(19,20)9-2-3-12(16(17)18)10(13)6-9/h2-7H,13H2,1H3,(H,14,15). The van der Waals surface area contributed by atoms with Gasteiger partial charge in [-0.15, -0.1) is 0 Å². The van der Waals surface area contributed by atoms with Crippen LogP contribution in [0.1, 0.15) is 5.56 Å². The lowest BCUT2D eigenvalue weighted by atomic mass is 10.3. The molecule has 0 aliphatic heterocycles. The predicted octanol–water partition coefficient (Wildman–Crippen LogP) is 1.68. The number of anilines is 2. The largest absolute Gasteiger partial charge is 0.393 e. The molecule has 0 spiro atoms. The number of benzene rings is 1. The second kappa shape index (κ2) is 5.37. The van der Waals surface area contributed by atoms with Crippen molar-refractivity contribution in [2.24, 2.45) is 0 Å². The number of nitrogens with one attached hydrogen (secondary N) is 1. The molecule has 0 aliphatic rings. The lowest BCUT2D eigenvalue weighted by Crippen LogP contribution is -2.14. The number of nitro groups is 1. The van der Waals surface area contributed by atoms with Crippen LogP contribution < -0.4 is 10.5 Å². The first-order valence-corrected chi connectivity index (χ1v) is 7.27. The van der Waals surface area contributed by atoms with Crippen LogP contribution in [0.3, 0.4) is 0 Å². The molecule has 0 amide bonds. The summed E-state index contributed by atoms with van der Waals surface area (Å²) in [7, 11) is -3.88. The van der Waals surface area contributed by atoms with Gasteiger partial charge in [-0.05, 0) is 30.7 Å². The Hall–Kier alpha value is -2.68. The maximum atomic E-state index is 12.2. The fourth-order valence-corrected chi connectivity index (χ4v) is 2.82. The van der Waals surface area contributed by atoms with Crippen molar-refractivity contribution in [2.75, 3.05) is 10.5 Å². The van der Waals surface area contributed by atoms with Crippen LogP contribution in [0.2, 0.25) is 0 Å². The van der Waals surface area contributed by atoms with Crippen molar-refractivity contribution in [3.05, 3.63) is 52.3 Å². The third-order valence-electron chi connectivity index (χ3n) is 2.77. The average Bonchev–Trinajstić information content (AvgIpc) is 2.40. The first-order chi connectivity index (χ1) is 9.81. The molecule has 0 saturated carbocycles. The number of nitro benzene ring substituents is 1. The Bertz CT molecular complexity index is 805. The van der Waals surface area contributed by atoms with Gasteiger partial charge in [0.25, 0.3) is 15.7 Å². The van der Waals surface area contributed by atoms with Crippen LogP contribution in [-0.2, 0) is 10.0 Å². The summed E-state index contributed by atoms with van der Waals surface area (Å²) in [6.45, 7) is 1.70. The van der Waals surface area contributed by atoms with Crippen LogP contribution in [0, 0.1) is 17.0 Å². The van der Waals surface area contributed by atoms with E-state index in [0.717, 1.165) is 18.2 Å². The van der Waals surface area contributed by atoms with Gasteiger partial charge in [-0.3, -0.25) is 19.8 Å². The number of nitrogen functional groups attached to an aromatic ring is 1. The van der Waals surface area contributed by atoms with E-state index in [1.165, 1.54) is 18.5 Å². The molecule has 0 bridgehead atoms. The Morgan fingerprint density at radius 3 is 2.62 bits per heavy atom. The number of pyridine rings is 1. The van der Waals surface area contributed by atoms with E-state index in [1.54, 1.807) is 6.92 Å². The quantitative estimate of drug-likeness (QED) is 0.502. The Balaban J connectivity index is 2.39. The van der Waals surface area contributed by atoms with Gasteiger partial charge in [-0.25, -0.2) is 8.42 Å². The minimum atomic E-state index is -3.88. The highest BCUT2D eigenvalue weighted by Gasteiger charge is 2.19. The lowest BCUT2D eigenvalue weighted by Gasteiger charge is -2.10. The van der Waals surface area contributed by atoms with E-state index in [1.807, 2.05) is 0 Å². The van der Waals surface area contributed by atoms with E-state index >= 15 is 0 Å². The Morgan fingerprint density at radius 2 is 2.05 bits per heavy atom. The summed E-state index contributed by atoms with van der Waals surface area (Å²) in [5.41, 5.74) is 5.97. The molecule has 0 atom stereocenters. The summed E-state index contributed by atoms with van der Waals surface area (Å²) in [5.74, 6) is 0. The summed E-state index contributed by atoms with van der Waals surface area (Å²) in [5, 5.41) is 10.7. The minimum absolute atomic E-state index is 0.151. The molecular formula is C12H12N4O4S. The Kier molecular flexibility index (Phi) is 3.76. The molecule has 110 valence electrons. The Labute approximate surface area is 120 Å². The van der Waals surface area contributed by atoms with Crippen LogP contribution in [0.5, 0.6) is 0 Å². The molecule has 2 aromatic rings. The number of nitrogens with two attached hydrogens (primary N) is 1. The summed E-state index contributed by atoms with van der Waals surface area (Å²) in [4.78, 5) is 13.7. The van der Waals surface area contributed by atoms with Crippen LogP contribution >= 0.6 is 0 Å². The average molecular weight is 308 g/mol. The van der Waals surface area contributed by atoms with E-state index in [-0.39, 0.29) is 16.3 Å². The van der Waals surface area contributed by atoms with Gasteiger partial charge in [0.15, 0.2) is 0 Å². The van der Waals surface area contributed by atoms with Gasteiger partial charge in [-0.1, -0.05) is 0 Å². The highest BCUT2D eigenvalue weighted by Crippen LogP contribution is 2.26. The first kappa shape index (κ1) is 14.7. The summed E-state index contributed by atoms with van der Waals surface area (Å²) < 4.78 is 26.8. The molecule has 1 aromatic heterocycles. The maximum absolute atomic E-state index is 12.2. The van der Waals surface area contributed by atoms with Gasteiger partial charge >= 0.3 is 0 Å². The van der Waals surface area contributed by atoms with Crippen molar-refractivity contribution in [1.82, 2.24) is 4.98 Å². The van der Waals surface area contributed by atoms with Gasteiger partial charge in [-0.2, -0.15) is 0 Å². The summed E-state index contributed by atoms with van der Waals surface area (Å²) in [6, 6.07) is 4.76. The number of aromatic nitrogens is 1. The van der Waals surface area contributed by atoms with E-state index < -0.39 is 14.9 Å². The molecule has 2 rings (SSSR count). The minimum Gasteiger partial charge on any atom is -0.393 e. The molecule has 21 heavy (non-hydrogen) atoms. The van der Waals surface area contributed by atoms with Gasteiger partial charge in [0.1, 0.15) is 5.69 Å². The third-order valence-corrected chi connectivity index (χ3v) is 4.13. The fourth-order valence-electron chi connectivity index (χ4n) is 1.66. The van der Waals surface area contributed by atoms with Gasteiger partial charge in [0.2, 0.25) is 0 Å². The van der Waals surface area contributed by atoms with Crippen molar-refractivity contribution >= 4 is 27.1 Å². The molecule has 9 heteroatoms. The van der Waals surface area contributed by atoms with Crippen molar-refractivity contribution < 1.29 is 13.3 Å². The van der Waals surface area contributed by atoms with E-state index in [2.05, 4.69) is 9.71 Å². The van der Waals surface area contributed by atoms with Gasteiger partial charge < -0.3 is 5.73 Å². The highest BCUT2D eigenvalue weighted by molar-refractivity contribution is 7.92. The van der Waals surface area contributed by atoms with Gasteiger partial charge in [0.05, 0.1) is 15.5 Å². The Morgan fingerprint density at radius 1 is 1.33 bits per heavy atom. The third kappa shape index (κ3) is 3.08. The number of nitrogens with zero attached hydrogens (tertiary/aromatic N) is 2. The zero-order valence-corrected chi connectivity index (χ0v) is 11.8. The molecule has 0 saturated heterocycles. The number of aryl methyl sites for hydroxylation is 1. The molecular weight excluding hydrogens is 296 g/mol. The smallest absolute Gasteiger partial charge is 0.292 e. The zero-order valence-electron chi connectivity index (χ0n) is 11.0. The number of rotatable bonds is 4. The monoisotopic (exact) mass is 308 g/mol. The van der Waals surface area contributed by atoms with Crippen molar-refractivity contribution in [3.8, 4) is 0 Å². The first-order valence-electron chi connectivity index (χ1n) is 5.78. The fraction of sp³-hybridized carbons (Fsp3) is 0.0833.